The van der Waals surface area contributed by atoms with Crippen LogP contribution in [0.4, 0.5) is 27.7 Å². The van der Waals surface area contributed by atoms with Crippen molar-refractivity contribution in [3.8, 4) is 16.9 Å². The Hall–Kier alpha value is -3.29. The zero-order chi connectivity index (χ0) is 22.7. The van der Waals surface area contributed by atoms with E-state index in [2.05, 4.69) is 15.6 Å². The Bertz CT molecular complexity index is 1120. The highest BCUT2D eigenvalue weighted by Gasteiger charge is 2.33. The number of urea groups is 1. The fourth-order valence-electron chi connectivity index (χ4n) is 3.81. The van der Waals surface area contributed by atoms with Crippen molar-refractivity contribution in [1.82, 2.24) is 10.3 Å². The largest absolute Gasteiger partial charge is 0.497 e. The number of nitrogens with one attached hydrogen (secondary N) is 2. The maximum atomic E-state index is 13.8. The molecule has 2 heterocycles. The summed E-state index contributed by atoms with van der Waals surface area (Å²) in [5.74, 6) is 1.24. The van der Waals surface area contributed by atoms with Crippen molar-refractivity contribution >= 4 is 40.5 Å². The standard InChI is InChI=1S/C24H26ClN5O2/c1-4-29-23-21(13-16(25)15-28-23)20-10-9-19(32-3)14-22(20)30(24(29)31)18-7-5-17(6-8-18)27-12-11-26-2/h5-10,13-15,26-27H,4,11-12H2,1-3H3. The summed E-state index contributed by atoms with van der Waals surface area (Å²) >= 11 is 6.29. The van der Waals surface area contributed by atoms with Crippen LogP contribution in [0.2, 0.25) is 5.02 Å². The van der Waals surface area contributed by atoms with Gasteiger partial charge in [0.2, 0.25) is 0 Å². The molecule has 0 atom stereocenters. The molecule has 0 aliphatic carbocycles. The van der Waals surface area contributed by atoms with Crippen molar-refractivity contribution < 1.29 is 9.53 Å². The molecule has 0 bridgehead atoms. The van der Waals surface area contributed by atoms with Gasteiger partial charge in [0.05, 0.1) is 23.5 Å². The summed E-state index contributed by atoms with van der Waals surface area (Å²) in [6.45, 7) is 4.07. The van der Waals surface area contributed by atoms with Gasteiger partial charge in [-0.15, -0.1) is 0 Å². The molecule has 2 aromatic carbocycles. The fraction of sp³-hybridized carbons (Fsp3) is 0.250. The summed E-state index contributed by atoms with van der Waals surface area (Å²) in [6, 6.07) is 15.2. The number of hydrogen-bond donors (Lipinski definition) is 2. The first kappa shape index (κ1) is 21.9. The third-order valence-corrected chi connectivity index (χ3v) is 5.60. The van der Waals surface area contributed by atoms with E-state index in [1.54, 1.807) is 23.1 Å². The van der Waals surface area contributed by atoms with Crippen LogP contribution >= 0.6 is 11.6 Å². The van der Waals surface area contributed by atoms with E-state index in [4.69, 9.17) is 16.3 Å². The lowest BCUT2D eigenvalue weighted by atomic mass is 10.0. The monoisotopic (exact) mass is 451 g/mol. The quantitative estimate of drug-likeness (QED) is 0.487. The molecule has 7 nitrogen and oxygen atoms in total. The van der Waals surface area contributed by atoms with Gasteiger partial charge in [0.25, 0.3) is 0 Å². The van der Waals surface area contributed by atoms with Crippen LogP contribution in [0.3, 0.4) is 0 Å². The highest BCUT2D eigenvalue weighted by Crippen LogP contribution is 2.45. The lowest BCUT2D eigenvalue weighted by Crippen LogP contribution is -2.40. The van der Waals surface area contributed by atoms with Crippen molar-refractivity contribution in [3.05, 3.63) is 59.8 Å². The summed E-state index contributed by atoms with van der Waals surface area (Å²) < 4.78 is 5.47. The molecule has 1 aliphatic heterocycles. The molecular weight excluding hydrogens is 426 g/mol. The molecule has 3 aromatic rings. The Kier molecular flexibility index (Phi) is 6.48. The van der Waals surface area contributed by atoms with Gasteiger partial charge in [0, 0.05) is 48.7 Å². The third-order valence-electron chi connectivity index (χ3n) is 5.39. The molecule has 0 radical (unpaired) electrons. The average Bonchev–Trinajstić information content (AvgIpc) is 2.91. The van der Waals surface area contributed by atoms with Crippen LogP contribution < -0.4 is 25.2 Å². The molecule has 2 N–H and O–H groups in total. The molecule has 0 saturated carbocycles. The molecule has 1 aromatic heterocycles. The van der Waals surface area contributed by atoms with Crippen molar-refractivity contribution in [1.29, 1.82) is 0 Å². The van der Waals surface area contributed by atoms with Crippen LogP contribution in [0.15, 0.2) is 54.7 Å². The zero-order valence-electron chi connectivity index (χ0n) is 18.4. The van der Waals surface area contributed by atoms with Gasteiger partial charge in [0.15, 0.2) is 0 Å². The highest BCUT2D eigenvalue weighted by atomic mass is 35.5. The minimum Gasteiger partial charge on any atom is -0.497 e. The SMILES string of the molecule is CCN1C(=O)N(c2ccc(NCCNC)cc2)c2cc(OC)ccc2-c2cc(Cl)cnc21. The molecule has 0 fully saturated rings. The predicted molar refractivity (Wildman–Crippen MR) is 131 cm³/mol. The lowest BCUT2D eigenvalue weighted by molar-refractivity contribution is 0.254. The van der Waals surface area contributed by atoms with Gasteiger partial charge in [-0.05, 0) is 56.4 Å². The summed E-state index contributed by atoms with van der Waals surface area (Å²) in [6.07, 6.45) is 1.57. The number of amides is 2. The van der Waals surface area contributed by atoms with Crippen LogP contribution in [0, 0.1) is 0 Å². The van der Waals surface area contributed by atoms with Crippen molar-refractivity contribution in [2.75, 3.05) is 48.9 Å². The topological polar surface area (TPSA) is 69.7 Å². The molecule has 32 heavy (non-hydrogen) atoms. The first-order chi connectivity index (χ1) is 15.6. The van der Waals surface area contributed by atoms with E-state index in [1.165, 1.54) is 0 Å². The molecule has 2 amide bonds. The minimum absolute atomic E-state index is 0.188. The molecule has 0 spiro atoms. The Morgan fingerprint density at radius 2 is 1.84 bits per heavy atom. The number of rotatable bonds is 7. The Morgan fingerprint density at radius 1 is 1.06 bits per heavy atom. The van der Waals surface area contributed by atoms with Gasteiger partial charge < -0.3 is 15.4 Å². The van der Waals surface area contributed by atoms with Gasteiger partial charge in [-0.1, -0.05) is 11.6 Å². The Labute approximate surface area is 193 Å². The summed E-state index contributed by atoms with van der Waals surface area (Å²) in [7, 11) is 3.53. The number of likely N-dealkylation sites (N-methyl/N-ethyl adjacent to an activating group) is 1. The van der Waals surface area contributed by atoms with Gasteiger partial charge in [-0.25, -0.2) is 9.78 Å². The van der Waals surface area contributed by atoms with Crippen LogP contribution in [0.25, 0.3) is 11.1 Å². The van der Waals surface area contributed by atoms with Crippen LogP contribution in [-0.2, 0) is 0 Å². The normalized spacial score (nSPS) is 12.8. The van der Waals surface area contributed by atoms with Gasteiger partial charge in [-0.3, -0.25) is 9.80 Å². The maximum absolute atomic E-state index is 13.8. The van der Waals surface area contributed by atoms with Gasteiger partial charge in [0.1, 0.15) is 11.6 Å². The van der Waals surface area contributed by atoms with E-state index in [0.717, 1.165) is 35.6 Å². The Morgan fingerprint density at radius 3 is 2.53 bits per heavy atom. The van der Waals surface area contributed by atoms with Crippen LogP contribution in [0.5, 0.6) is 5.75 Å². The van der Waals surface area contributed by atoms with Crippen molar-refractivity contribution in [3.63, 3.8) is 0 Å². The Balaban J connectivity index is 1.85. The van der Waals surface area contributed by atoms with Gasteiger partial charge >= 0.3 is 6.03 Å². The second-order valence-corrected chi connectivity index (χ2v) is 7.78. The fourth-order valence-corrected chi connectivity index (χ4v) is 3.96. The number of pyridine rings is 1. The number of carbonyl (C=O) groups is 1. The summed E-state index contributed by atoms with van der Waals surface area (Å²) in [5, 5.41) is 6.98. The molecule has 166 valence electrons. The first-order valence-corrected chi connectivity index (χ1v) is 10.9. The number of halogens is 1. The number of ether oxygens (including phenoxy) is 1. The number of fused-ring (bicyclic) bond motifs is 3. The number of anilines is 4. The molecule has 1 aliphatic rings. The number of nitrogens with zero attached hydrogens (tertiary/aromatic N) is 3. The molecular formula is C24H26ClN5O2. The average molecular weight is 452 g/mol. The van der Waals surface area contributed by atoms with E-state index in [9.17, 15) is 4.79 Å². The van der Waals surface area contributed by atoms with E-state index >= 15 is 0 Å². The summed E-state index contributed by atoms with van der Waals surface area (Å²) in [4.78, 5) is 21.7. The van der Waals surface area contributed by atoms with Crippen molar-refractivity contribution in [2.45, 2.75) is 6.92 Å². The number of carbonyl (C=O) groups excluding carboxylic acids is 1. The van der Waals surface area contributed by atoms with Gasteiger partial charge in [-0.2, -0.15) is 0 Å². The maximum Gasteiger partial charge on any atom is 0.334 e. The first-order valence-electron chi connectivity index (χ1n) is 10.5. The van der Waals surface area contributed by atoms with E-state index < -0.39 is 0 Å². The second kappa shape index (κ2) is 9.46. The number of aromatic nitrogens is 1. The third kappa shape index (κ3) is 4.09. The molecule has 0 unspecified atom stereocenters. The van der Waals surface area contributed by atoms with Crippen molar-refractivity contribution in [2.24, 2.45) is 0 Å². The number of hydrogen-bond acceptors (Lipinski definition) is 5. The van der Waals surface area contributed by atoms with E-state index in [1.807, 2.05) is 62.5 Å². The lowest BCUT2D eigenvalue weighted by Gasteiger charge is -2.28. The molecule has 0 saturated heterocycles. The van der Waals surface area contributed by atoms with E-state index in [-0.39, 0.29) is 6.03 Å². The number of benzene rings is 2. The smallest absolute Gasteiger partial charge is 0.334 e. The van der Waals surface area contributed by atoms with Crippen LogP contribution in [0.1, 0.15) is 6.92 Å². The predicted octanol–water partition coefficient (Wildman–Crippen LogP) is 5.14. The summed E-state index contributed by atoms with van der Waals surface area (Å²) in [5.41, 5.74) is 4.11. The zero-order valence-corrected chi connectivity index (χ0v) is 19.1. The second-order valence-electron chi connectivity index (χ2n) is 7.35. The molecule has 8 heteroatoms. The van der Waals surface area contributed by atoms with E-state index in [0.29, 0.717) is 28.8 Å². The van der Waals surface area contributed by atoms with Crippen LogP contribution in [-0.4, -0.2) is 44.8 Å². The number of methoxy groups -OCH3 is 1. The minimum atomic E-state index is -0.188. The molecule has 4 rings (SSSR count). The highest BCUT2D eigenvalue weighted by molar-refractivity contribution is 6.31.